The summed E-state index contributed by atoms with van der Waals surface area (Å²) in [5.74, 6) is -0.0849. The molecule has 2 N–H and O–H groups in total. The molecular formula is C23H21ClN2O4. The summed E-state index contributed by atoms with van der Waals surface area (Å²) >= 11 is 5.83. The Balaban J connectivity index is 1.55. The minimum Gasteiger partial charge on any atom is -0.488 e. The lowest BCUT2D eigenvalue weighted by molar-refractivity contribution is -0.128. The van der Waals surface area contributed by atoms with Gasteiger partial charge in [-0.2, -0.15) is 0 Å². The number of nitrogens with one attached hydrogen (secondary N) is 2. The zero-order valence-electron chi connectivity index (χ0n) is 16.3. The summed E-state index contributed by atoms with van der Waals surface area (Å²) in [4.78, 5) is 24.8. The Morgan fingerprint density at radius 3 is 2.30 bits per heavy atom. The number of hydrazine groups is 1. The number of amides is 2. The predicted octanol–water partition coefficient (Wildman–Crippen LogP) is 4.15. The Kier molecular flexibility index (Phi) is 7.29. The number of hydrogen-bond acceptors (Lipinski definition) is 4. The second-order valence-electron chi connectivity index (χ2n) is 6.43. The first kappa shape index (κ1) is 21.2. The van der Waals surface area contributed by atoms with Gasteiger partial charge in [-0.25, -0.2) is 0 Å². The first-order chi connectivity index (χ1) is 14.5. The van der Waals surface area contributed by atoms with Crippen LogP contribution in [0.3, 0.4) is 0 Å². The van der Waals surface area contributed by atoms with Crippen molar-refractivity contribution in [2.24, 2.45) is 0 Å². The van der Waals surface area contributed by atoms with Crippen LogP contribution in [0.5, 0.6) is 11.5 Å². The molecule has 0 aliphatic heterocycles. The van der Waals surface area contributed by atoms with E-state index in [1.54, 1.807) is 55.5 Å². The largest absolute Gasteiger partial charge is 0.488 e. The molecule has 0 bridgehead atoms. The van der Waals surface area contributed by atoms with Crippen molar-refractivity contribution in [1.29, 1.82) is 0 Å². The highest BCUT2D eigenvalue weighted by molar-refractivity contribution is 6.30. The van der Waals surface area contributed by atoms with Crippen LogP contribution in [-0.2, 0) is 11.4 Å². The van der Waals surface area contributed by atoms with Gasteiger partial charge in [-0.05, 0) is 48.9 Å². The van der Waals surface area contributed by atoms with Crippen LogP contribution in [0.1, 0.15) is 22.8 Å². The van der Waals surface area contributed by atoms with Crippen LogP contribution >= 0.6 is 11.6 Å². The smallest absolute Gasteiger partial charge is 0.279 e. The van der Waals surface area contributed by atoms with Gasteiger partial charge in [0.05, 0.1) is 5.56 Å². The van der Waals surface area contributed by atoms with E-state index in [1.807, 2.05) is 30.3 Å². The highest BCUT2D eigenvalue weighted by Crippen LogP contribution is 2.19. The molecule has 6 nitrogen and oxygen atoms in total. The lowest BCUT2D eigenvalue weighted by Crippen LogP contribution is -2.47. The van der Waals surface area contributed by atoms with Gasteiger partial charge in [-0.15, -0.1) is 0 Å². The molecule has 0 aliphatic carbocycles. The predicted molar refractivity (Wildman–Crippen MR) is 114 cm³/mol. The maximum atomic E-state index is 12.5. The van der Waals surface area contributed by atoms with Crippen LogP contribution in [0.2, 0.25) is 5.02 Å². The number of para-hydroxylation sites is 1. The van der Waals surface area contributed by atoms with Crippen molar-refractivity contribution >= 4 is 23.4 Å². The monoisotopic (exact) mass is 424 g/mol. The van der Waals surface area contributed by atoms with Crippen molar-refractivity contribution in [2.75, 3.05) is 0 Å². The molecule has 1 atom stereocenters. The summed E-state index contributed by atoms with van der Waals surface area (Å²) in [5.41, 5.74) is 6.05. The lowest BCUT2D eigenvalue weighted by atomic mass is 10.2. The summed E-state index contributed by atoms with van der Waals surface area (Å²) in [6.07, 6.45) is -0.823. The molecule has 3 aromatic carbocycles. The summed E-state index contributed by atoms with van der Waals surface area (Å²) in [6, 6.07) is 23.1. The standard InChI is InChI=1S/C23H21ClN2O4/c1-16(30-19-13-11-18(24)12-14-19)22(27)25-26-23(28)20-9-5-6-10-21(20)29-15-17-7-3-2-4-8-17/h2-14,16H,15H2,1H3,(H,25,27)(H,26,28). The molecule has 0 saturated carbocycles. The Morgan fingerprint density at radius 2 is 1.57 bits per heavy atom. The van der Waals surface area contributed by atoms with Crippen molar-refractivity contribution in [2.45, 2.75) is 19.6 Å². The minimum atomic E-state index is -0.823. The van der Waals surface area contributed by atoms with Gasteiger partial charge < -0.3 is 9.47 Å². The molecular weight excluding hydrogens is 404 g/mol. The normalized spacial score (nSPS) is 11.3. The SMILES string of the molecule is CC(Oc1ccc(Cl)cc1)C(=O)NNC(=O)c1ccccc1OCc1ccccc1. The van der Waals surface area contributed by atoms with E-state index in [-0.39, 0.29) is 0 Å². The van der Waals surface area contributed by atoms with Gasteiger partial charge in [0.2, 0.25) is 0 Å². The van der Waals surface area contributed by atoms with Crippen molar-refractivity contribution in [1.82, 2.24) is 10.9 Å². The van der Waals surface area contributed by atoms with E-state index < -0.39 is 17.9 Å². The van der Waals surface area contributed by atoms with Crippen LogP contribution in [0, 0.1) is 0 Å². The number of carbonyl (C=O) groups is 2. The topological polar surface area (TPSA) is 76.7 Å². The fourth-order valence-corrected chi connectivity index (χ4v) is 2.70. The number of rotatable bonds is 7. The van der Waals surface area contributed by atoms with Gasteiger partial charge in [0.1, 0.15) is 18.1 Å². The van der Waals surface area contributed by atoms with Crippen molar-refractivity contribution < 1.29 is 19.1 Å². The number of benzene rings is 3. The summed E-state index contributed by atoms with van der Waals surface area (Å²) < 4.78 is 11.3. The molecule has 154 valence electrons. The number of ether oxygens (including phenoxy) is 2. The Bertz CT molecular complexity index is 994. The quantitative estimate of drug-likeness (QED) is 0.559. The fourth-order valence-electron chi connectivity index (χ4n) is 2.57. The Labute approximate surface area is 179 Å². The third kappa shape index (κ3) is 5.99. The van der Waals surface area contributed by atoms with Crippen LogP contribution in [-0.4, -0.2) is 17.9 Å². The van der Waals surface area contributed by atoms with E-state index in [0.29, 0.717) is 28.7 Å². The van der Waals surface area contributed by atoms with Gasteiger partial charge in [-0.1, -0.05) is 54.1 Å². The summed E-state index contributed by atoms with van der Waals surface area (Å²) in [6.45, 7) is 1.90. The zero-order valence-corrected chi connectivity index (χ0v) is 17.1. The van der Waals surface area contributed by atoms with E-state index in [9.17, 15) is 9.59 Å². The second kappa shape index (κ2) is 10.3. The number of hydrogen-bond donors (Lipinski definition) is 2. The van der Waals surface area contributed by atoms with Crippen LogP contribution in [0.25, 0.3) is 0 Å². The molecule has 3 aromatic rings. The van der Waals surface area contributed by atoms with E-state index in [1.165, 1.54) is 0 Å². The van der Waals surface area contributed by atoms with Gasteiger partial charge in [0.25, 0.3) is 11.8 Å². The third-order valence-corrected chi connectivity index (χ3v) is 4.42. The maximum absolute atomic E-state index is 12.5. The first-order valence-corrected chi connectivity index (χ1v) is 9.69. The molecule has 3 rings (SSSR count). The Morgan fingerprint density at radius 1 is 0.900 bits per heavy atom. The average molecular weight is 425 g/mol. The van der Waals surface area contributed by atoms with Crippen molar-refractivity contribution in [3.63, 3.8) is 0 Å². The minimum absolute atomic E-state index is 0.306. The number of halogens is 1. The highest BCUT2D eigenvalue weighted by atomic mass is 35.5. The lowest BCUT2D eigenvalue weighted by Gasteiger charge is -2.16. The second-order valence-corrected chi connectivity index (χ2v) is 6.86. The fraction of sp³-hybridized carbons (Fsp3) is 0.130. The maximum Gasteiger partial charge on any atom is 0.279 e. The van der Waals surface area contributed by atoms with Gasteiger partial charge >= 0.3 is 0 Å². The molecule has 0 heterocycles. The van der Waals surface area contributed by atoms with E-state index in [4.69, 9.17) is 21.1 Å². The van der Waals surface area contributed by atoms with Crippen molar-refractivity contribution in [3.05, 3.63) is 95.0 Å². The molecule has 0 spiro atoms. The molecule has 0 fully saturated rings. The van der Waals surface area contributed by atoms with Gasteiger partial charge in [0, 0.05) is 5.02 Å². The highest BCUT2D eigenvalue weighted by Gasteiger charge is 2.17. The van der Waals surface area contributed by atoms with Crippen LogP contribution in [0.15, 0.2) is 78.9 Å². The first-order valence-electron chi connectivity index (χ1n) is 9.31. The van der Waals surface area contributed by atoms with Gasteiger partial charge in [-0.3, -0.25) is 20.4 Å². The van der Waals surface area contributed by atoms with Crippen molar-refractivity contribution in [3.8, 4) is 11.5 Å². The molecule has 0 aromatic heterocycles. The molecule has 7 heteroatoms. The zero-order chi connectivity index (χ0) is 21.3. The molecule has 0 radical (unpaired) electrons. The van der Waals surface area contributed by atoms with E-state index in [0.717, 1.165) is 5.56 Å². The van der Waals surface area contributed by atoms with E-state index >= 15 is 0 Å². The average Bonchev–Trinajstić information content (AvgIpc) is 2.78. The summed E-state index contributed by atoms with van der Waals surface area (Å²) in [7, 11) is 0. The Hall–Kier alpha value is -3.51. The molecule has 30 heavy (non-hydrogen) atoms. The molecule has 1 unspecified atom stereocenters. The molecule has 0 aliphatic rings. The molecule has 2 amide bonds. The van der Waals surface area contributed by atoms with Crippen LogP contribution in [0.4, 0.5) is 0 Å². The summed E-state index contributed by atoms with van der Waals surface area (Å²) in [5, 5.41) is 0.569. The van der Waals surface area contributed by atoms with Crippen LogP contribution < -0.4 is 20.3 Å². The third-order valence-electron chi connectivity index (χ3n) is 4.16. The van der Waals surface area contributed by atoms with E-state index in [2.05, 4.69) is 10.9 Å². The number of carbonyl (C=O) groups excluding carboxylic acids is 2. The molecule has 0 saturated heterocycles. The van der Waals surface area contributed by atoms with Gasteiger partial charge in [0.15, 0.2) is 6.10 Å².